The Balaban J connectivity index is 1.26. The van der Waals surface area contributed by atoms with Gasteiger partial charge < -0.3 is 4.57 Å². The maximum absolute atomic E-state index is 2.57. The van der Waals surface area contributed by atoms with Gasteiger partial charge in [-0.3, -0.25) is 4.90 Å². The number of nitrogens with zero attached hydrogens (tertiary/aromatic N) is 2. The molecule has 1 aliphatic heterocycles. The molecule has 2 aromatic carbocycles. The summed E-state index contributed by atoms with van der Waals surface area (Å²) in [5.74, 6) is 0.802. The monoisotopic (exact) mass is 330 g/mol. The summed E-state index contributed by atoms with van der Waals surface area (Å²) in [6, 6.07) is 19.2. The maximum atomic E-state index is 2.57. The molecule has 2 heteroatoms. The van der Waals surface area contributed by atoms with E-state index in [2.05, 4.69) is 88.6 Å². The Morgan fingerprint density at radius 3 is 2.16 bits per heavy atom. The lowest BCUT2D eigenvalue weighted by Gasteiger charge is -2.31. The van der Waals surface area contributed by atoms with Gasteiger partial charge in [0.1, 0.15) is 0 Å². The molecule has 0 bridgehead atoms. The van der Waals surface area contributed by atoms with Gasteiger partial charge in [-0.25, -0.2) is 0 Å². The van der Waals surface area contributed by atoms with E-state index in [9.17, 15) is 0 Å². The van der Waals surface area contributed by atoms with E-state index in [1.54, 1.807) is 0 Å². The van der Waals surface area contributed by atoms with Crippen LogP contribution in [0.25, 0.3) is 16.8 Å². The molecule has 128 valence electrons. The zero-order valence-electron chi connectivity index (χ0n) is 14.7. The number of rotatable bonds is 5. The van der Waals surface area contributed by atoms with Gasteiger partial charge >= 0.3 is 0 Å². The third-order valence-corrected chi connectivity index (χ3v) is 5.26. The highest BCUT2D eigenvalue weighted by Gasteiger charge is 2.18. The Bertz CT molecular complexity index is 790. The predicted molar refractivity (Wildman–Crippen MR) is 107 cm³/mol. The third-order valence-electron chi connectivity index (χ3n) is 5.26. The van der Waals surface area contributed by atoms with Gasteiger partial charge in [0.15, 0.2) is 0 Å². The summed E-state index contributed by atoms with van der Waals surface area (Å²) < 4.78 is 2.39. The van der Waals surface area contributed by atoms with Gasteiger partial charge in [-0.2, -0.15) is 0 Å². The molecule has 2 heterocycles. The van der Waals surface area contributed by atoms with Crippen molar-refractivity contribution < 1.29 is 0 Å². The first-order valence-corrected chi connectivity index (χ1v) is 9.35. The summed E-state index contributed by atoms with van der Waals surface area (Å²) in [7, 11) is 0. The van der Waals surface area contributed by atoms with Crippen molar-refractivity contribution in [1.82, 2.24) is 9.47 Å². The van der Waals surface area contributed by atoms with Crippen LogP contribution in [0.3, 0.4) is 0 Å². The molecule has 4 rings (SSSR count). The van der Waals surface area contributed by atoms with Gasteiger partial charge in [0, 0.05) is 25.5 Å². The summed E-state index contributed by atoms with van der Waals surface area (Å²) in [6.07, 6.45) is 11.7. The summed E-state index contributed by atoms with van der Waals surface area (Å²) in [4.78, 5) is 2.57. The first-order chi connectivity index (χ1) is 12.4. The molecule has 3 aromatic rings. The SMILES string of the molecule is C(=C/c1ccccc1)/CN1CCC(Cn2cc3ccccc3c2)CC1. The molecule has 0 saturated carbocycles. The molecule has 0 unspecified atom stereocenters. The molecule has 2 nitrogen and oxygen atoms in total. The van der Waals surface area contributed by atoms with Crippen molar-refractivity contribution in [2.24, 2.45) is 5.92 Å². The number of hydrogen-bond donors (Lipinski definition) is 0. The summed E-state index contributed by atoms with van der Waals surface area (Å²) >= 11 is 0. The van der Waals surface area contributed by atoms with Gasteiger partial charge in [0.2, 0.25) is 0 Å². The zero-order chi connectivity index (χ0) is 16.9. The number of likely N-dealkylation sites (tertiary alicyclic amines) is 1. The first kappa shape index (κ1) is 16.2. The third kappa shape index (κ3) is 4.21. The molecular formula is C23H26N2. The molecule has 1 fully saturated rings. The Hall–Kier alpha value is -2.32. The molecule has 1 aliphatic rings. The smallest absolute Gasteiger partial charge is 0.0249 e. The fourth-order valence-electron chi connectivity index (χ4n) is 3.80. The lowest BCUT2D eigenvalue weighted by Crippen LogP contribution is -2.34. The largest absolute Gasteiger partial charge is 0.353 e. The van der Waals surface area contributed by atoms with E-state index in [1.165, 1.54) is 42.3 Å². The van der Waals surface area contributed by atoms with Crippen molar-refractivity contribution in [2.75, 3.05) is 19.6 Å². The number of hydrogen-bond acceptors (Lipinski definition) is 1. The fraction of sp³-hybridized carbons (Fsp3) is 0.304. The summed E-state index contributed by atoms with van der Waals surface area (Å²) in [5.41, 5.74) is 1.29. The number of fused-ring (bicyclic) bond motifs is 1. The molecule has 0 N–H and O–H groups in total. The minimum atomic E-state index is 0.802. The second-order valence-corrected chi connectivity index (χ2v) is 7.14. The van der Waals surface area contributed by atoms with Crippen LogP contribution in [0.1, 0.15) is 18.4 Å². The highest BCUT2D eigenvalue weighted by atomic mass is 15.1. The van der Waals surface area contributed by atoms with Crippen LogP contribution in [-0.4, -0.2) is 29.1 Å². The quantitative estimate of drug-likeness (QED) is 0.634. The van der Waals surface area contributed by atoms with Crippen LogP contribution in [0.2, 0.25) is 0 Å². The van der Waals surface area contributed by atoms with Crippen molar-refractivity contribution >= 4 is 16.8 Å². The second kappa shape index (κ2) is 7.71. The van der Waals surface area contributed by atoms with E-state index >= 15 is 0 Å². The van der Waals surface area contributed by atoms with Crippen molar-refractivity contribution in [3.8, 4) is 0 Å². The molecule has 1 aromatic heterocycles. The molecule has 0 radical (unpaired) electrons. The van der Waals surface area contributed by atoms with Crippen LogP contribution in [0.4, 0.5) is 0 Å². The Morgan fingerprint density at radius 2 is 1.48 bits per heavy atom. The van der Waals surface area contributed by atoms with Crippen molar-refractivity contribution in [2.45, 2.75) is 19.4 Å². The minimum absolute atomic E-state index is 0.802. The van der Waals surface area contributed by atoms with Crippen LogP contribution in [0.5, 0.6) is 0 Å². The fourth-order valence-corrected chi connectivity index (χ4v) is 3.80. The van der Waals surface area contributed by atoms with Crippen molar-refractivity contribution in [3.63, 3.8) is 0 Å². The van der Waals surface area contributed by atoms with Crippen molar-refractivity contribution in [3.05, 3.63) is 78.6 Å². The molecule has 0 atom stereocenters. The van der Waals surface area contributed by atoms with Gasteiger partial charge in [0.05, 0.1) is 0 Å². The van der Waals surface area contributed by atoms with Crippen LogP contribution in [-0.2, 0) is 6.54 Å². The molecule has 0 amide bonds. The van der Waals surface area contributed by atoms with Crippen LogP contribution < -0.4 is 0 Å². The number of aromatic nitrogens is 1. The van der Waals surface area contributed by atoms with Gasteiger partial charge in [-0.1, -0.05) is 66.7 Å². The topological polar surface area (TPSA) is 8.17 Å². The standard InChI is InChI=1S/C23H26N2/c1-2-7-20(8-3-1)9-6-14-24-15-12-21(13-16-24)17-25-18-22-10-4-5-11-23(22)19-25/h1-11,18-19,21H,12-17H2/b9-6-. The van der Waals surface area contributed by atoms with E-state index in [1.807, 2.05) is 0 Å². The predicted octanol–water partition coefficient (Wildman–Crippen LogP) is 5.07. The van der Waals surface area contributed by atoms with Gasteiger partial charge in [0.25, 0.3) is 0 Å². The van der Waals surface area contributed by atoms with E-state index in [0.29, 0.717) is 0 Å². The molecular weight excluding hydrogens is 304 g/mol. The summed E-state index contributed by atoms with van der Waals surface area (Å²) in [5, 5.41) is 2.71. The van der Waals surface area contributed by atoms with E-state index in [4.69, 9.17) is 0 Å². The van der Waals surface area contributed by atoms with E-state index in [0.717, 1.165) is 19.0 Å². The molecule has 25 heavy (non-hydrogen) atoms. The van der Waals surface area contributed by atoms with E-state index < -0.39 is 0 Å². The molecule has 1 saturated heterocycles. The van der Waals surface area contributed by atoms with Gasteiger partial charge in [-0.15, -0.1) is 0 Å². The lowest BCUT2D eigenvalue weighted by atomic mass is 9.97. The Labute approximate surface area is 150 Å². The van der Waals surface area contributed by atoms with Gasteiger partial charge in [-0.05, 0) is 48.2 Å². The molecule has 0 aliphatic carbocycles. The minimum Gasteiger partial charge on any atom is -0.353 e. The average Bonchev–Trinajstić information content (AvgIpc) is 3.06. The lowest BCUT2D eigenvalue weighted by molar-refractivity contribution is 0.189. The number of benzene rings is 2. The van der Waals surface area contributed by atoms with Crippen LogP contribution in [0.15, 0.2) is 73.1 Å². The van der Waals surface area contributed by atoms with E-state index in [-0.39, 0.29) is 0 Å². The highest BCUT2D eigenvalue weighted by molar-refractivity contribution is 5.82. The van der Waals surface area contributed by atoms with Crippen molar-refractivity contribution in [1.29, 1.82) is 0 Å². The Morgan fingerprint density at radius 1 is 0.840 bits per heavy atom. The van der Waals surface area contributed by atoms with Crippen LogP contribution >= 0.6 is 0 Å². The maximum Gasteiger partial charge on any atom is 0.0249 e. The molecule has 0 spiro atoms. The Kier molecular flexibility index (Phi) is 4.98. The number of piperidine rings is 1. The normalized spacial score (nSPS) is 16.8. The zero-order valence-corrected chi connectivity index (χ0v) is 14.7. The average molecular weight is 330 g/mol. The highest BCUT2D eigenvalue weighted by Crippen LogP contribution is 2.22. The second-order valence-electron chi connectivity index (χ2n) is 7.14. The van der Waals surface area contributed by atoms with Crippen LogP contribution in [0, 0.1) is 5.92 Å². The summed E-state index contributed by atoms with van der Waals surface area (Å²) in [6.45, 7) is 4.65. The first-order valence-electron chi connectivity index (χ1n) is 9.35.